The molecule has 0 bridgehead atoms. The summed E-state index contributed by atoms with van der Waals surface area (Å²) >= 11 is 0. The van der Waals surface area contributed by atoms with E-state index in [1.54, 1.807) is 18.2 Å². The Morgan fingerprint density at radius 2 is 2.00 bits per heavy atom. The van der Waals surface area contributed by atoms with Gasteiger partial charge < -0.3 is 19.9 Å². The summed E-state index contributed by atoms with van der Waals surface area (Å²) in [5.41, 5.74) is 0.590. The Hall–Kier alpha value is -3.01. The van der Waals surface area contributed by atoms with E-state index in [1.165, 1.54) is 26.5 Å². The van der Waals surface area contributed by atoms with E-state index in [4.69, 9.17) is 14.6 Å². The van der Waals surface area contributed by atoms with Crippen LogP contribution in [-0.4, -0.2) is 36.2 Å². The Labute approximate surface area is 158 Å². The average Bonchev–Trinajstić information content (AvgIpc) is 2.67. The molecule has 1 aliphatic carbocycles. The normalized spacial score (nSPS) is 16.1. The van der Waals surface area contributed by atoms with Gasteiger partial charge in [0.1, 0.15) is 11.6 Å². The topological polar surface area (TPSA) is 109 Å². The van der Waals surface area contributed by atoms with Crippen LogP contribution in [0.5, 0.6) is 11.5 Å². The smallest absolute Gasteiger partial charge is 0.344 e. The van der Waals surface area contributed by atoms with Gasteiger partial charge in [-0.05, 0) is 43.5 Å². The molecule has 1 aromatic rings. The fourth-order valence-corrected chi connectivity index (χ4v) is 2.94. The molecule has 1 saturated carbocycles. The van der Waals surface area contributed by atoms with Crippen LogP contribution in [0.3, 0.4) is 0 Å². The van der Waals surface area contributed by atoms with Crippen molar-refractivity contribution in [2.45, 2.75) is 51.2 Å². The van der Waals surface area contributed by atoms with E-state index in [9.17, 15) is 14.9 Å². The molecule has 1 aliphatic rings. The molecule has 1 fully saturated rings. The van der Waals surface area contributed by atoms with Gasteiger partial charge in [0.25, 0.3) is 5.91 Å². The summed E-state index contributed by atoms with van der Waals surface area (Å²) in [7, 11) is 1.43. The number of amides is 1. The van der Waals surface area contributed by atoms with Crippen LogP contribution in [0.4, 0.5) is 0 Å². The van der Waals surface area contributed by atoms with Gasteiger partial charge in [0.15, 0.2) is 17.6 Å². The molecule has 144 valence electrons. The molecule has 0 aromatic heterocycles. The van der Waals surface area contributed by atoms with Crippen molar-refractivity contribution in [1.82, 2.24) is 5.32 Å². The highest BCUT2D eigenvalue weighted by Gasteiger charge is 2.19. The van der Waals surface area contributed by atoms with Crippen LogP contribution in [0.1, 0.15) is 44.6 Å². The van der Waals surface area contributed by atoms with Crippen LogP contribution in [0.15, 0.2) is 23.8 Å². The number of benzene rings is 1. The Bertz CT molecular complexity index is 760. The zero-order valence-electron chi connectivity index (χ0n) is 15.5. The van der Waals surface area contributed by atoms with Crippen molar-refractivity contribution >= 4 is 18.0 Å². The maximum atomic E-state index is 12.4. The lowest BCUT2D eigenvalue weighted by Crippen LogP contribution is -2.36. The van der Waals surface area contributed by atoms with E-state index >= 15 is 0 Å². The van der Waals surface area contributed by atoms with Crippen molar-refractivity contribution in [2.75, 3.05) is 7.11 Å². The van der Waals surface area contributed by atoms with Gasteiger partial charge in [-0.15, -0.1) is 0 Å². The molecule has 1 aromatic carbocycles. The fourth-order valence-electron chi connectivity index (χ4n) is 2.94. The Morgan fingerprint density at radius 1 is 1.30 bits per heavy atom. The third-order valence-corrected chi connectivity index (χ3v) is 4.46. The molecule has 7 heteroatoms. The maximum Gasteiger partial charge on any atom is 0.344 e. The molecule has 0 aliphatic heterocycles. The van der Waals surface area contributed by atoms with Crippen LogP contribution in [0, 0.1) is 11.3 Å². The number of carboxylic acids is 1. The highest BCUT2D eigenvalue weighted by atomic mass is 16.5. The molecule has 7 nitrogen and oxygen atoms in total. The number of methoxy groups -OCH3 is 1. The fraction of sp³-hybridized carbons (Fsp3) is 0.450. The van der Waals surface area contributed by atoms with Gasteiger partial charge in [0.05, 0.1) is 7.11 Å². The number of nitrogens with one attached hydrogen (secondary N) is 1. The highest BCUT2D eigenvalue weighted by Crippen LogP contribution is 2.30. The predicted octanol–water partition coefficient (Wildman–Crippen LogP) is 2.90. The monoisotopic (exact) mass is 372 g/mol. The van der Waals surface area contributed by atoms with Gasteiger partial charge in [-0.3, -0.25) is 4.79 Å². The minimum Gasteiger partial charge on any atom is -0.493 e. The van der Waals surface area contributed by atoms with Crippen molar-refractivity contribution in [3.63, 3.8) is 0 Å². The van der Waals surface area contributed by atoms with E-state index in [0.29, 0.717) is 11.3 Å². The molecule has 2 N–H and O–H groups in total. The minimum absolute atomic E-state index is 0.00944. The highest BCUT2D eigenvalue weighted by molar-refractivity contribution is 6.01. The van der Waals surface area contributed by atoms with Crippen LogP contribution >= 0.6 is 0 Å². The van der Waals surface area contributed by atoms with E-state index in [2.05, 4.69) is 5.32 Å². The summed E-state index contributed by atoms with van der Waals surface area (Å²) in [5.74, 6) is -0.882. The largest absolute Gasteiger partial charge is 0.493 e. The zero-order valence-corrected chi connectivity index (χ0v) is 15.5. The first-order valence-corrected chi connectivity index (χ1v) is 8.94. The van der Waals surface area contributed by atoms with E-state index < -0.39 is 12.1 Å². The summed E-state index contributed by atoms with van der Waals surface area (Å²) in [6.45, 7) is 1.42. The first kappa shape index (κ1) is 20.3. The Kier molecular flexibility index (Phi) is 7.24. The second kappa shape index (κ2) is 9.62. The van der Waals surface area contributed by atoms with Gasteiger partial charge in [0, 0.05) is 6.04 Å². The number of ether oxygens (including phenoxy) is 2. The summed E-state index contributed by atoms with van der Waals surface area (Å²) < 4.78 is 10.6. The molecular formula is C20H24N2O5. The van der Waals surface area contributed by atoms with E-state index in [0.717, 1.165) is 25.7 Å². The van der Waals surface area contributed by atoms with Crippen molar-refractivity contribution < 1.29 is 24.2 Å². The molecule has 0 heterocycles. The van der Waals surface area contributed by atoms with Gasteiger partial charge in [-0.1, -0.05) is 25.3 Å². The van der Waals surface area contributed by atoms with Crippen LogP contribution in [0.25, 0.3) is 6.08 Å². The SMILES string of the molecule is COc1cc(/C=C(\C#N)C(=O)NC2CCCCC2)ccc1OC(C)C(=O)O. The van der Waals surface area contributed by atoms with E-state index in [1.807, 2.05) is 6.07 Å². The number of hydrogen-bond acceptors (Lipinski definition) is 5. The summed E-state index contributed by atoms with van der Waals surface area (Å²) in [6.07, 6.45) is 5.68. The van der Waals surface area contributed by atoms with Gasteiger partial charge >= 0.3 is 5.97 Å². The average molecular weight is 372 g/mol. The van der Waals surface area contributed by atoms with Gasteiger partial charge in [-0.2, -0.15) is 5.26 Å². The number of nitriles is 1. The van der Waals surface area contributed by atoms with Gasteiger partial charge in [-0.25, -0.2) is 4.79 Å². The number of nitrogens with zero attached hydrogens (tertiary/aromatic N) is 1. The lowest BCUT2D eigenvalue weighted by atomic mass is 9.95. The second-order valence-corrected chi connectivity index (χ2v) is 6.49. The molecule has 0 saturated heterocycles. The number of aliphatic carboxylic acids is 1. The predicted molar refractivity (Wildman–Crippen MR) is 99.3 cm³/mol. The zero-order chi connectivity index (χ0) is 19.8. The summed E-state index contributed by atoms with van der Waals surface area (Å²) in [5, 5.41) is 21.2. The molecule has 0 spiro atoms. The standard InChI is InChI=1S/C20H24N2O5/c1-13(20(24)25)27-17-9-8-14(11-18(17)26-2)10-15(12-21)19(23)22-16-6-4-3-5-7-16/h8-11,13,16H,3-7H2,1-2H3,(H,22,23)(H,24,25)/b15-10+. The van der Waals surface area contributed by atoms with Crippen molar-refractivity contribution in [1.29, 1.82) is 5.26 Å². The summed E-state index contributed by atoms with van der Waals surface area (Å²) in [4.78, 5) is 23.3. The maximum absolute atomic E-state index is 12.4. The molecular weight excluding hydrogens is 348 g/mol. The molecule has 0 radical (unpaired) electrons. The van der Waals surface area contributed by atoms with E-state index in [-0.39, 0.29) is 23.3 Å². The number of carbonyl (C=O) groups excluding carboxylic acids is 1. The molecule has 27 heavy (non-hydrogen) atoms. The lowest BCUT2D eigenvalue weighted by molar-refractivity contribution is -0.144. The quantitative estimate of drug-likeness (QED) is 0.563. The van der Waals surface area contributed by atoms with Crippen molar-refractivity contribution in [3.05, 3.63) is 29.3 Å². The molecule has 1 unspecified atom stereocenters. The van der Waals surface area contributed by atoms with Gasteiger partial charge in [0.2, 0.25) is 0 Å². The summed E-state index contributed by atoms with van der Waals surface area (Å²) in [6, 6.07) is 6.84. The van der Waals surface area contributed by atoms with Crippen molar-refractivity contribution in [2.24, 2.45) is 0 Å². The van der Waals surface area contributed by atoms with Crippen LogP contribution in [-0.2, 0) is 9.59 Å². The third-order valence-electron chi connectivity index (χ3n) is 4.46. The van der Waals surface area contributed by atoms with Crippen molar-refractivity contribution in [3.8, 4) is 17.6 Å². The molecule has 1 amide bonds. The first-order valence-electron chi connectivity index (χ1n) is 8.94. The minimum atomic E-state index is -1.09. The molecule has 2 rings (SSSR count). The number of carboxylic acid groups (broad SMARTS) is 1. The Morgan fingerprint density at radius 3 is 2.59 bits per heavy atom. The number of hydrogen-bond donors (Lipinski definition) is 2. The second-order valence-electron chi connectivity index (χ2n) is 6.49. The first-order chi connectivity index (χ1) is 12.9. The number of rotatable bonds is 7. The van der Waals surface area contributed by atoms with Crippen LogP contribution in [0.2, 0.25) is 0 Å². The Balaban J connectivity index is 2.16. The van der Waals surface area contributed by atoms with Crippen LogP contribution < -0.4 is 14.8 Å². The molecule has 1 atom stereocenters. The number of carbonyl (C=O) groups is 2. The lowest BCUT2D eigenvalue weighted by Gasteiger charge is -2.22. The third kappa shape index (κ3) is 5.74.